The maximum absolute atomic E-state index is 12.8. The van der Waals surface area contributed by atoms with Gasteiger partial charge in [-0.3, -0.25) is 9.59 Å². The fraction of sp³-hybridized carbons (Fsp3) is 0.250. The average molecular weight is 361 g/mol. The molecule has 0 aliphatic heterocycles. The van der Waals surface area contributed by atoms with Crippen molar-refractivity contribution in [2.24, 2.45) is 0 Å². The van der Waals surface area contributed by atoms with E-state index in [4.69, 9.17) is 5.26 Å². The zero-order valence-corrected chi connectivity index (χ0v) is 15.2. The Labute approximate surface area is 156 Å². The highest BCUT2D eigenvalue weighted by molar-refractivity contribution is 5.78. The van der Waals surface area contributed by atoms with Crippen LogP contribution in [0.2, 0.25) is 0 Å². The number of amides is 1. The van der Waals surface area contributed by atoms with E-state index in [0.717, 1.165) is 10.2 Å². The lowest BCUT2D eigenvalue weighted by Crippen LogP contribution is -2.41. The summed E-state index contributed by atoms with van der Waals surface area (Å²) >= 11 is 0. The van der Waals surface area contributed by atoms with Crippen molar-refractivity contribution in [1.82, 2.24) is 19.9 Å². The third kappa shape index (κ3) is 4.01. The first kappa shape index (κ1) is 18.3. The highest BCUT2D eigenvalue weighted by atomic mass is 16.2. The van der Waals surface area contributed by atoms with Gasteiger partial charge >= 0.3 is 0 Å². The van der Waals surface area contributed by atoms with E-state index < -0.39 is 0 Å². The molecule has 0 bridgehead atoms. The lowest BCUT2D eigenvalue weighted by molar-refractivity contribution is -0.134. The Morgan fingerprint density at radius 1 is 1.19 bits per heavy atom. The molecule has 0 saturated carbocycles. The number of carbonyl (C=O) groups excluding carboxylic acids is 1. The summed E-state index contributed by atoms with van der Waals surface area (Å²) in [5, 5.41) is 17.2. The van der Waals surface area contributed by atoms with Crippen molar-refractivity contribution >= 4 is 16.8 Å². The van der Waals surface area contributed by atoms with Gasteiger partial charge in [0.1, 0.15) is 12.1 Å². The molecule has 27 heavy (non-hydrogen) atoms. The fourth-order valence-electron chi connectivity index (χ4n) is 2.79. The SMILES string of the molecule is CC(C)N(Cc1ccc(C#N)cc1)C(=O)Cn1nnc2ccccc2c1=O. The normalized spacial score (nSPS) is 10.7. The number of fused-ring (bicyclic) bond motifs is 1. The first-order valence-electron chi connectivity index (χ1n) is 8.60. The predicted molar refractivity (Wildman–Crippen MR) is 101 cm³/mol. The van der Waals surface area contributed by atoms with Gasteiger partial charge in [-0.1, -0.05) is 29.5 Å². The van der Waals surface area contributed by atoms with E-state index in [0.29, 0.717) is 23.0 Å². The highest BCUT2D eigenvalue weighted by Crippen LogP contribution is 2.11. The molecule has 0 saturated heterocycles. The van der Waals surface area contributed by atoms with Gasteiger partial charge in [-0.05, 0) is 43.7 Å². The van der Waals surface area contributed by atoms with Crippen molar-refractivity contribution in [3.05, 3.63) is 70.0 Å². The summed E-state index contributed by atoms with van der Waals surface area (Å²) in [6.45, 7) is 4.04. The van der Waals surface area contributed by atoms with Crippen molar-refractivity contribution < 1.29 is 4.79 Å². The van der Waals surface area contributed by atoms with Crippen LogP contribution in [0.3, 0.4) is 0 Å². The Bertz CT molecular complexity index is 1060. The molecule has 3 rings (SSSR count). The Morgan fingerprint density at radius 2 is 1.89 bits per heavy atom. The fourth-order valence-corrected chi connectivity index (χ4v) is 2.79. The van der Waals surface area contributed by atoms with Crippen LogP contribution in [0, 0.1) is 11.3 Å². The third-order valence-electron chi connectivity index (χ3n) is 4.29. The van der Waals surface area contributed by atoms with Crippen LogP contribution < -0.4 is 5.56 Å². The largest absolute Gasteiger partial charge is 0.334 e. The van der Waals surface area contributed by atoms with E-state index in [1.54, 1.807) is 41.3 Å². The molecule has 0 aliphatic rings. The van der Waals surface area contributed by atoms with Gasteiger partial charge in [0.25, 0.3) is 5.56 Å². The summed E-state index contributed by atoms with van der Waals surface area (Å²) in [6, 6.07) is 16.0. The summed E-state index contributed by atoms with van der Waals surface area (Å²) in [5.74, 6) is -0.221. The van der Waals surface area contributed by atoms with Crippen LogP contribution in [0.4, 0.5) is 0 Å². The van der Waals surface area contributed by atoms with Gasteiger partial charge in [0.2, 0.25) is 5.91 Å². The topological polar surface area (TPSA) is 91.9 Å². The molecule has 1 heterocycles. The molecule has 0 spiro atoms. The Balaban J connectivity index is 1.82. The van der Waals surface area contributed by atoms with Crippen LogP contribution in [-0.2, 0) is 17.9 Å². The van der Waals surface area contributed by atoms with Crippen LogP contribution in [-0.4, -0.2) is 31.8 Å². The predicted octanol–water partition coefficient (Wildman–Crippen LogP) is 2.10. The first-order chi connectivity index (χ1) is 13.0. The molecule has 0 unspecified atom stereocenters. The molecular formula is C20H19N5O2. The van der Waals surface area contributed by atoms with Gasteiger partial charge < -0.3 is 4.90 Å². The first-order valence-corrected chi connectivity index (χ1v) is 8.60. The van der Waals surface area contributed by atoms with E-state index in [1.807, 2.05) is 26.0 Å². The maximum atomic E-state index is 12.8. The summed E-state index contributed by atoms with van der Waals surface area (Å²) in [5.41, 5.74) is 1.65. The van der Waals surface area contributed by atoms with E-state index in [1.165, 1.54) is 0 Å². The standard InChI is InChI=1S/C20H19N5O2/c1-14(2)24(12-16-9-7-15(11-21)8-10-16)19(26)13-25-20(27)17-5-3-4-6-18(17)22-23-25/h3-10,14H,12-13H2,1-2H3. The molecule has 0 radical (unpaired) electrons. The van der Waals surface area contributed by atoms with Crippen LogP contribution >= 0.6 is 0 Å². The van der Waals surface area contributed by atoms with Gasteiger partial charge in [0.15, 0.2) is 0 Å². The molecule has 7 heteroatoms. The summed E-state index contributed by atoms with van der Waals surface area (Å²) in [4.78, 5) is 27.0. The van der Waals surface area contributed by atoms with Crippen molar-refractivity contribution in [3.8, 4) is 6.07 Å². The quantitative estimate of drug-likeness (QED) is 0.694. The second kappa shape index (κ2) is 7.79. The lowest BCUT2D eigenvalue weighted by Gasteiger charge is -2.27. The zero-order valence-electron chi connectivity index (χ0n) is 15.2. The highest BCUT2D eigenvalue weighted by Gasteiger charge is 2.19. The second-order valence-electron chi connectivity index (χ2n) is 6.49. The Kier molecular flexibility index (Phi) is 5.27. The lowest BCUT2D eigenvalue weighted by atomic mass is 10.1. The minimum absolute atomic E-state index is 0.0581. The number of hydrogen-bond donors (Lipinski definition) is 0. The van der Waals surface area contributed by atoms with E-state index in [2.05, 4.69) is 16.4 Å². The third-order valence-corrected chi connectivity index (χ3v) is 4.29. The van der Waals surface area contributed by atoms with Gasteiger partial charge in [0, 0.05) is 12.6 Å². The van der Waals surface area contributed by atoms with E-state index in [9.17, 15) is 9.59 Å². The molecule has 136 valence electrons. The van der Waals surface area contributed by atoms with Crippen LogP contribution in [0.25, 0.3) is 10.9 Å². The molecule has 3 aromatic rings. The smallest absolute Gasteiger partial charge is 0.278 e. The Morgan fingerprint density at radius 3 is 2.56 bits per heavy atom. The molecule has 7 nitrogen and oxygen atoms in total. The molecule has 0 aliphatic carbocycles. The number of nitrogens with zero attached hydrogens (tertiary/aromatic N) is 5. The summed E-state index contributed by atoms with van der Waals surface area (Å²) in [7, 11) is 0. The van der Waals surface area contributed by atoms with E-state index >= 15 is 0 Å². The average Bonchev–Trinajstić information content (AvgIpc) is 2.68. The molecule has 0 atom stereocenters. The molecule has 2 aromatic carbocycles. The molecular weight excluding hydrogens is 342 g/mol. The van der Waals surface area contributed by atoms with Crippen molar-refractivity contribution in [2.45, 2.75) is 33.0 Å². The summed E-state index contributed by atoms with van der Waals surface area (Å²) in [6.07, 6.45) is 0. The molecule has 0 fully saturated rings. The van der Waals surface area contributed by atoms with Crippen LogP contribution in [0.1, 0.15) is 25.0 Å². The Hall–Kier alpha value is -3.53. The zero-order chi connectivity index (χ0) is 19.4. The molecule has 0 N–H and O–H groups in total. The number of benzene rings is 2. The van der Waals surface area contributed by atoms with Crippen LogP contribution in [0.15, 0.2) is 53.3 Å². The van der Waals surface area contributed by atoms with Gasteiger partial charge in [0.05, 0.1) is 17.0 Å². The second-order valence-corrected chi connectivity index (χ2v) is 6.49. The maximum Gasteiger partial charge on any atom is 0.278 e. The van der Waals surface area contributed by atoms with Crippen molar-refractivity contribution in [3.63, 3.8) is 0 Å². The van der Waals surface area contributed by atoms with Crippen molar-refractivity contribution in [1.29, 1.82) is 5.26 Å². The van der Waals surface area contributed by atoms with Crippen molar-refractivity contribution in [2.75, 3.05) is 0 Å². The molecule has 1 amide bonds. The molecule has 1 aromatic heterocycles. The van der Waals surface area contributed by atoms with Gasteiger partial charge in [-0.25, -0.2) is 4.68 Å². The minimum atomic E-state index is -0.337. The van der Waals surface area contributed by atoms with Gasteiger partial charge in [-0.15, -0.1) is 5.10 Å². The van der Waals surface area contributed by atoms with Crippen LogP contribution in [0.5, 0.6) is 0 Å². The van der Waals surface area contributed by atoms with Gasteiger partial charge in [-0.2, -0.15) is 5.26 Å². The number of rotatable bonds is 5. The number of carbonyl (C=O) groups is 1. The van der Waals surface area contributed by atoms with E-state index in [-0.39, 0.29) is 24.1 Å². The monoisotopic (exact) mass is 361 g/mol. The number of hydrogen-bond acceptors (Lipinski definition) is 5. The minimum Gasteiger partial charge on any atom is -0.334 e. The number of nitriles is 1. The number of aromatic nitrogens is 3. The summed E-state index contributed by atoms with van der Waals surface area (Å²) < 4.78 is 1.10.